The van der Waals surface area contributed by atoms with Gasteiger partial charge < -0.3 is 5.73 Å². The predicted molar refractivity (Wildman–Crippen MR) is 74.6 cm³/mol. The highest BCUT2D eigenvalue weighted by atomic mass is 32.2. The minimum atomic E-state index is -3.92. The average molecular weight is 299 g/mol. The normalized spacial score (nSPS) is 21.6. The van der Waals surface area contributed by atoms with E-state index in [1.165, 1.54) is 6.07 Å². The third kappa shape index (κ3) is 3.07. The van der Waals surface area contributed by atoms with Gasteiger partial charge in [-0.25, -0.2) is 13.1 Å². The second-order valence-corrected chi connectivity index (χ2v) is 6.68. The zero-order valence-corrected chi connectivity index (χ0v) is 11.9. The first-order valence-electron chi connectivity index (χ1n) is 6.41. The maximum absolute atomic E-state index is 12.2. The van der Waals surface area contributed by atoms with Crippen LogP contribution in [0.25, 0.3) is 0 Å². The number of hydrogen-bond acceptors (Lipinski definition) is 5. The van der Waals surface area contributed by atoms with Crippen LogP contribution in [0, 0.1) is 16.0 Å². The highest BCUT2D eigenvalue weighted by molar-refractivity contribution is 7.89. The van der Waals surface area contributed by atoms with E-state index in [0.29, 0.717) is 5.92 Å². The summed E-state index contributed by atoms with van der Waals surface area (Å²) < 4.78 is 27.0. The van der Waals surface area contributed by atoms with Gasteiger partial charge in [-0.05, 0) is 30.9 Å². The van der Waals surface area contributed by atoms with Crippen LogP contribution in [0.2, 0.25) is 0 Å². The lowest BCUT2D eigenvalue weighted by molar-refractivity contribution is -0.387. The molecule has 0 spiro atoms. The second-order valence-electron chi connectivity index (χ2n) is 5.00. The van der Waals surface area contributed by atoms with E-state index in [2.05, 4.69) is 4.72 Å². The van der Waals surface area contributed by atoms with E-state index in [9.17, 15) is 18.5 Å². The van der Waals surface area contributed by atoms with E-state index < -0.39 is 20.6 Å². The van der Waals surface area contributed by atoms with Crippen LogP contribution in [0.4, 0.5) is 11.4 Å². The predicted octanol–water partition coefficient (Wildman–Crippen LogP) is 1.64. The summed E-state index contributed by atoms with van der Waals surface area (Å²) in [5.41, 5.74) is 5.25. The standard InChI is InChI=1S/C12H17N3O4S/c1-2-3-8-6-10(8)14-20(18,19)12-7-9(13)4-5-11(12)15(16)17/h4-5,7-8,10,14H,2-3,6,13H2,1H3. The lowest BCUT2D eigenvalue weighted by atomic mass is 10.2. The van der Waals surface area contributed by atoms with Crippen molar-refractivity contribution in [3.05, 3.63) is 28.3 Å². The van der Waals surface area contributed by atoms with Crippen molar-refractivity contribution in [3.8, 4) is 0 Å². The summed E-state index contributed by atoms with van der Waals surface area (Å²) in [5, 5.41) is 10.9. The largest absolute Gasteiger partial charge is 0.399 e. The monoisotopic (exact) mass is 299 g/mol. The molecule has 20 heavy (non-hydrogen) atoms. The van der Waals surface area contributed by atoms with Gasteiger partial charge in [0, 0.05) is 17.8 Å². The molecule has 0 aromatic heterocycles. The first-order valence-corrected chi connectivity index (χ1v) is 7.89. The summed E-state index contributed by atoms with van der Waals surface area (Å²) in [4.78, 5) is 9.83. The number of nitrogens with one attached hydrogen (secondary N) is 1. The van der Waals surface area contributed by atoms with Gasteiger partial charge in [-0.15, -0.1) is 0 Å². The van der Waals surface area contributed by atoms with Gasteiger partial charge in [-0.2, -0.15) is 0 Å². The molecule has 0 bridgehead atoms. The molecule has 0 amide bonds. The first-order chi connectivity index (χ1) is 9.35. The van der Waals surface area contributed by atoms with Crippen molar-refractivity contribution < 1.29 is 13.3 Å². The summed E-state index contributed by atoms with van der Waals surface area (Å²) in [6.07, 6.45) is 2.72. The summed E-state index contributed by atoms with van der Waals surface area (Å²) in [6, 6.07) is 3.42. The Kier molecular flexibility index (Phi) is 3.96. The van der Waals surface area contributed by atoms with Crippen molar-refractivity contribution >= 4 is 21.4 Å². The third-order valence-corrected chi connectivity index (χ3v) is 4.88. The van der Waals surface area contributed by atoms with Crippen molar-refractivity contribution in [1.82, 2.24) is 4.72 Å². The summed E-state index contributed by atoms with van der Waals surface area (Å²) in [6.45, 7) is 2.03. The molecule has 1 aliphatic rings. The molecule has 8 heteroatoms. The Morgan fingerprint density at radius 3 is 2.80 bits per heavy atom. The van der Waals surface area contributed by atoms with Crippen molar-refractivity contribution in [1.29, 1.82) is 0 Å². The Bertz CT molecular complexity index is 630. The van der Waals surface area contributed by atoms with E-state index in [1.807, 2.05) is 6.92 Å². The van der Waals surface area contributed by atoms with Crippen LogP contribution in [0.15, 0.2) is 23.1 Å². The van der Waals surface area contributed by atoms with Crippen LogP contribution in [-0.4, -0.2) is 19.4 Å². The molecule has 1 saturated carbocycles. The Morgan fingerprint density at radius 1 is 1.50 bits per heavy atom. The SMILES string of the molecule is CCCC1CC1NS(=O)(=O)c1cc(N)ccc1[N+](=O)[O-]. The average Bonchev–Trinajstić information content (AvgIpc) is 3.06. The van der Waals surface area contributed by atoms with Gasteiger partial charge in [0.15, 0.2) is 4.90 Å². The highest BCUT2D eigenvalue weighted by Crippen LogP contribution is 2.36. The number of nitro groups is 1. The van der Waals surface area contributed by atoms with Gasteiger partial charge in [-0.1, -0.05) is 13.3 Å². The van der Waals surface area contributed by atoms with E-state index in [-0.39, 0.29) is 16.6 Å². The number of hydrogen-bond donors (Lipinski definition) is 2. The molecule has 1 aromatic rings. The molecular formula is C12H17N3O4S. The van der Waals surface area contributed by atoms with Crippen LogP contribution in [-0.2, 0) is 10.0 Å². The maximum atomic E-state index is 12.2. The Morgan fingerprint density at radius 2 is 2.20 bits per heavy atom. The molecule has 0 radical (unpaired) electrons. The number of sulfonamides is 1. The van der Waals surface area contributed by atoms with Crippen LogP contribution in [0.1, 0.15) is 26.2 Å². The van der Waals surface area contributed by atoms with E-state index >= 15 is 0 Å². The minimum absolute atomic E-state index is 0.124. The number of nitro benzene ring substituents is 1. The van der Waals surface area contributed by atoms with Crippen LogP contribution < -0.4 is 10.5 Å². The number of benzene rings is 1. The molecule has 1 aliphatic carbocycles. The van der Waals surface area contributed by atoms with Gasteiger partial charge >= 0.3 is 0 Å². The van der Waals surface area contributed by atoms with Gasteiger partial charge in [0.1, 0.15) is 0 Å². The van der Waals surface area contributed by atoms with E-state index in [4.69, 9.17) is 5.73 Å². The van der Waals surface area contributed by atoms with Gasteiger partial charge in [0.05, 0.1) is 4.92 Å². The highest BCUT2D eigenvalue weighted by Gasteiger charge is 2.40. The smallest absolute Gasteiger partial charge is 0.289 e. The Labute approximate surface area is 117 Å². The Hall–Kier alpha value is -1.67. The Balaban J connectivity index is 2.26. The van der Waals surface area contributed by atoms with Gasteiger partial charge in [-0.3, -0.25) is 10.1 Å². The van der Waals surface area contributed by atoms with E-state index in [0.717, 1.165) is 31.4 Å². The van der Waals surface area contributed by atoms with Crippen molar-refractivity contribution in [2.45, 2.75) is 37.1 Å². The molecule has 0 heterocycles. The summed E-state index contributed by atoms with van der Waals surface area (Å²) in [5.74, 6) is 0.329. The number of nitrogens with zero attached hydrogens (tertiary/aromatic N) is 1. The quantitative estimate of drug-likeness (QED) is 0.470. The molecule has 2 rings (SSSR count). The molecule has 2 unspecified atom stereocenters. The van der Waals surface area contributed by atoms with E-state index in [1.54, 1.807) is 0 Å². The fraction of sp³-hybridized carbons (Fsp3) is 0.500. The lowest BCUT2D eigenvalue weighted by Crippen LogP contribution is -2.27. The molecule has 7 nitrogen and oxygen atoms in total. The minimum Gasteiger partial charge on any atom is -0.399 e. The zero-order valence-electron chi connectivity index (χ0n) is 11.1. The number of rotatable bonds is 6. The van der Waals surface area contributed by atoms with Crippen LogP contribution >= 0.6 is 0 Å². The number of anilines is 1. The first kappa shape index (κ1) is 14.7. The summed E-state index contributed by atoms with van der Waals surface area (Å²) >= 11 is 0. The fourth-order valence-corrected chi connectivity index (χ4v) is 3.76. The van der Waals surface area contributed by atoms with Crippen molar-refractivity contribution in [3.63, 3.8) is 0 Å². The van der Waals surface area contributed by atoms with Crippen molar-refractivity contribution in [2.24, 2.45) is 5.92 Å². The van der Waals surface area contributed by atoms with Crippen LogP contribution in [0.3, 0.4) is 0 Å². The number of nitrogens with two attached hydrogens (primary N) is 1. The van der Waals surface area contributed by atoms with Crippen molar-refractivity contribution in [2.75, 3.05) is 5.73 Å². The van der Waals surface area contributed by atoms with Gasteiger partial charge in [0.2, 0.25) is 10.0 Å². The fourth-order valence-electron chi connectivity index (χ4n) is 2.24. The summed E-state index contributed by atoms with van der Waals surface area (Å²) in [7, 11) is -3.92. The maximum Gasteiger partial charge on any atom is 0.289 e. The molecule has 1 fully saturated rings. The lowest BCUT2D eigenvalue weighted by Gasteiger charge is -2.07. The third-order valence-electron chi connectivity index (χ3n) is 3.36. The molecule has 1 aromatic carbocycles. The molecule has 0 saturated heterocycles. The zero-order chi connectivity index (χ0) is 14.9. The van der Waals surface area contributed by atoms with Gasteiger partial charge in [0.25, 0.3) is 5.69 Å². The second kappa shape index (κ2) is 5.37. The molecule has 110 valence electrons. The molecular weight excluding hydrogens is 282 g/mol. The number of nitrogen functional groups attached to an aromatic ring is 1. The molecule has 2 atom stereocenters. The molecule has 3 N–H and O–H groups in total. The van der Waals surface area contributed by atoms with Crippen LogP contribution in [0.5, 0.6) is 0 Å². The molecule has 0 aliphatic heterocycles. The topological polar surface area (TPSA) is 115 Å².